The molecular formula is C22H32N7O10P. The highest BCUT2D eigenvalue weighted by molar-refractivity contribution is 7.55. The van der Waals surface area contributed by atoms with Gasteiger partial charge < -0.3 is 24.1 Å². The van der Waals surface area contributed by atoms with Crippen molar-refractivity contribution in [1.82, 2.24) is 24.6 Å². The number of ether oxygens (including phenoxy) is 4. The summed E-state index contributed by atoms with van der Waals surface area (Å²) in [5.74, 6) is -2.03. The molecule has 3 heterocycles. The van der Waals surface area contributed by atoms with Crippen molar-refractivity contribution in [2.75, 3.05) is 33.3 Å². The average molecular weight is 586 g/mol. The number of esters is 2. The molecule has 0 spiro atoms. The zero-order valence-corrected chi connectivity index (χ0v) is 23.7. The van der Waals surface area contributed by atoms with Gasteiger partial charge in [-0.2, -0.15) is 14.7 Å². The van der Waals surface area contributed by atoms with E-state index in [1.807, 2.05) is 0 Å². The van der Waals surface area contributed by atoms with Gasteiger partial charge in [-0.3, -0.25) is 24.0 Å². The van der Waals surface area contributed by atoms with Crippen molar-refractivity contribution in [2.45, 2.75) is 51.7 Å². The van der Waals surface area contributed by atoms with E-state index in [4.69, 9.17) is 14.0 Å². The van der Waals surface area contributed by atoms with E-state index in [0.717, 1.165) is 14.2 Å². The van der Waals surface area contributed by atoms with E-state index in [2.05, 4.69) is 39.6 Å². The van der Waals surface area contributed by atoms with Gasteiger partial charge in [0.1, 0.15) is 24.1 Å². The maximum Gasteiger partial charge on any atom is 0.388 e. The Morgan fingerprint density at radius 3 is 2.62 bits per heavy atom. The van der Waals surface area contributed by atoms with Crippen LogP contribution in [-0.2, 0) is 37.7 Å². The van der Waals surface area contributed by atoms with Gasteiger partial charge in [-0.15, -0.1) is 0 Å². The lowest BCUT2D eigenvalue weighted by Gasteiger charge is -2.22. The van der Waals surface area contributed by atoms with Crippen molar-refractivity contribution in [1.29, 1.82) is 0 Å². The molecule has 0 aliphatic carbocycles. The van der Waals surface area contributed by atoms with Gasteiger partial charge in [0.25, 0.3) is 0 Å². The molecule has 1 aliphatic rings. The van der Waals surface area contributed by atoms with E-state index in [-0.39, 0.29) is 29.6 Å². The van der Waals surface area contributed by atoms with Crippen LogP contribution in [0.15, 0.2) is 11.1 Å². The number of aliphatic hydroxyl groups is 1. The Balaban J connectivity index is 1.88. The molecule has 2 aromatic rings. The Kier molecular flexibility index (Phi) is 10.3. The Morgan fingerprint density at radius 2 is 2.02 bits per heavy atom. The number of nitrogens with one attached hydrogen (secondary N) is 2. The number of carbonyl (C=O) groups excluding carboxylic acids is 3. The molecule has 3 rings (SSSR count). The van der Waals surface area contributed by atoms with E-state index in [1.165, 1.54) is 24.9 Å². The standard InChI is InChI=1S/C22H32N7O10P/c1-7-13(21(33)37-6)28-40(34,27-12(3)20(32)36-5)38-8-14-16(31)11(2)19(39-14)29-9-23-15-17(29)25-22(24-10-30)26-18(15)35-4/h9-12,14,16,19,31H,7-8H2,1-6H3,(H,27,34)(H,24,25,26,30). The summed E-state index contributed by atoms with van der Waals surface area (Å²) in [6, 6.07) is -1.11. The number of imidazole rings is 1. The largest absolute Gasteiger partial charge is 0.479 e. The van der Waals surface area contributed by atoms with Gasteiger partial charge in [-0.05, 0) is 13.3 Å². The first-order chi connectivity index (χ1) is 19.0. The van der Waals surface area contributed by atoms with Gasteiger partial charge in [0.2, 0.25) is 18.2 Å². The first-order valence-electron chi connectivity index (χ1n) is 12.1. The molecule has 17 nitrogen and oxygen atoms in total. The predicted molar refractivity (Wildman–Crippen MR) is 139 cm³/mol. The number of hydrogen-bond acceptors (Lipinski definition) is 13. The molecule has 6 atom stereocenters. The van der Waals surface area contributed by atoms with Gasteiger partial charge in [0.05, 0.1) is 40.4 Å². The van der Waals surface area contributed by atoms with Gasteiger partial charge >= 0.3 is 19.6 Å². The summed E-state index contributed by atoms with van der Waals surface area (Å²) in [5, 5.41) is 15.8. The number of anilines is 1. The normalized spacial score (nSPS) is 23.3. The maximum absolute atomic E-state index is 13.7. The third-order valence-electron chi connectivity index (χ3n) is 6.06. The van der Waals surface area contributed by atoms with E-state index in [9.17, 15) is 24.1 Å². The number of amides is 1. The lowest BCUT2D eigenvalue weighted by atomic mass is 10.0. The lowest BCUT2D eigenvalue weighted by molar-refractivity contribution is -0.142. The average Bonchev–Trinajstić information content (AvgIpc) is 3.49. The number of aliphatic hydroxyl groups excluding tert-OH is 1. The minimum absolute atomic E-state index is 0.0332. The van der Waals surface area contributed by atoms with Crippen LogP contribution in [0.3, 0.4) is 0 Å². The monoisotopic (exact) mass is 585 g/mol. The molecule has 1 amide bonds. The first kappa shape index (κ1) is 31.0. The van der Waals surface area contributed by atoms with Crippen molar-refractivity contribution in [3.63, 3.8) is 0 Å². The summed E-state index contributed by atoms with van der Waals surface area (Å²) in [6.45, 7) is 4.26. The topological polar surface area (TPSA) is 215 Å². The third-order valence-corrected chi connectivity index (χ3v) is 7.78. The fraction of sp³-hybridized carbons (Fsp3) is 0.591. The van der Waals surface area contributed by atoms with E-state index >= 15 is 0 Å². The maximum atomic E-state index is 13.7. The number of nitrogens with zero attached hydrogens (tertiary/aromatic N) is 5. The zero-order chi connectivity index (χ0) is 29.6. The predicted octanol–water partition coefficient (Wildman–Crippen LogP) is 0.597. The fourth-order valence-electron chi connectivity index (χ4n) is 3.96. The lowest BCUT2D eigenvalue weighted by Crippen LogP contribution is -2.35. The third kappa shape index (κ3) is 6.62. The van der Waals surface area contributed by atoms with E-state index in [1.54, 1.807) is 13.8 Å². The summed E-state index contributed by atoms with van der Waals surface area (Å²) < 4.78 is 45.4. The summed E-state index contributed by atoms with van der Waals surface area (Å²) >= 11 is 0. The highest BCUT2D eigenvalue weighted by Crippen LogP contribution is 2.47. The molecule has 0 bridgehead atoms. The van der Waals surface area contributed by atoms with Crippen LogP contribution in [-0.4, -0.2) is 94.9 Å². The minimum atomic E-state index is -4.28. The van der Waals surface area contributed by atoms with Crippen LogP contribution >= 0.6 is 7.67 Å². The number of fused-ring (bicyclic) bond motifs is 1. The van der Waals surface area contributed by atoms with Crippen LogP contribution in [0, 0.1) is 5.92 Å². The summed E-state index contributed by atoms with van der Waals surface area (Å²) in [6.07, 6.45) is -1.05. The molecule has 6 unspecified atom stereocenters. The molecule has 18 heteroatoms. The molecule has 0 radical (unpaired) electrons. The molecule has 3 N–H and O–H groups in total. The Morgan fingerprint density at radius 1 is 1.30 bits per heavy atom. The van der Waals surface area contributed by atoms with E-state index < -0.39 is 56.6 Å². The second-order valence-electron chi connectivity index (χ2n) is 8.64. The molecule has 1 fully saturated rings. The Labute approximate surface area is 229 Å². The van der Waals surface area contributed by atoms with Gasteiger partial charge in [-0.25, -0.2) is 19.4 Å². The number of aromatic nitrogens is 4. The summed E-state index contributed by atoms with van der Waals surface area (Å²) in [4.78, 5) is 47.6. The van der Waals surface area contributed by atoms with Crippen molar-refractivity contribution in [3.8, 4) is 5.88 Å². The van der Waals surface area contributed by atoms with Gasteiger partial charge in [-0.1, -0.05) is 13.8 Å². The van der Waals surface area contributed by atoms with Gasteiger partial charge in [0, 0.05) is 5.92 Å². The summed E-state index contributed by atoms with van der Waals surface area (Å²) in [5.41, 5.74) is 0.364. The zero-order valence-electron chi connectivity index (χ0n) is 22.8. The Bertz CT molecular complexity index is 1320. The Hall–Kier alpha value is -3.50. The van der Waals surface area contributed by atoms with Crippen molar-refractivity contribution >= 4 is 48.8 Å². The molecule has 0 saturated carbocycles. The molecule has 220 valence electrons. The molecule has 40 heavy (non-hydrogen) atoms. The van der Waals surface area contributed by atoms with Gasteiger partial charge in [0.15, 0.2) is 11.2 Å². The molecular weight excluding hydrogens is 553 g/mol. The minimum Gasteiger partial charge on any atom is -0.479 e. The number of carbonyl (C=O) groups is 3. The number of rotatable bonds is 13. The number of methoxy groups -OCH3 is 3. The van der Waals surface area contributed by atoms with Crippen LogP contribution in [0.5, 0.6) is 5.88 Å². The summed E-state index contributed by atoms with van der Waals surface area (Å²) in [7, 11) is -0.589. The molecule has 1 saturated heterocycles. The highest BCUT2D eigenvalue weighted by atomic mass is 31.2. The quantitative estimate of drug-likeness (QED) is 0.127. The SMILES string of the molecule is CCC(=NP(=O)(NC(C)C(=O)OC)OCC1OC(n2cnc3c(OC)nc(NC=O)nc32)C(C)C1O)C(=O)OC. The first-order valence-corrected chi connectivity index (χ1v) is 13.7. The molecule has 0 aromatic carbocycles. The number of hydrogen-bond donors (Lipinski definition) is 3. The van der Waals surface area contributed by atoms with Crippen molar-refractivity contribution in [3.05, 3.63) is 6.33 Å². The highest BCUT2D eigenvalue weighted by Gasteiger charge is 2.44. The van der Waals surface area contributed by atoms with Crippen molar-refractivity contribution in [2.24, 2.45) is 10.7 Å². The van der Waals surface area contributed by atoms with Crippen LogP contribution < -0.4 is 15.1 Å². The molecule has 1 aliphatic heterocycles. The van der Waals surface area contributed by atoms with Crippen molar-refractivity contribution < 1.29 is 47.5 Å². The van der Waals surface area contributed by atoms with Crippen LogP contribution in [0.1, 0.15) is 33.4 Å². The van der Waals surface area contributed by atoms with Crippen LogP contribution in [0.25, 0.3) is 11.2 Å². The van der Waals surface area contributed by atoms with Crippen LogP contribution in [0.4, 0.5) is 5.95 Å². The van der Waals surface area contributed by atoms with E-state index in [0.29, 0.717) is 11.9 Å². The fourth-order valence-corrected chi connectivity index (χ4v) is 5.64. The second kappa shape index (κ2) is 13.2. The second-order valence-corrected chi connectivity index (χ2v) is 10.4. The smallest absolute Gasteiger partial charge is 0.388 e. The van der Waals surface area contributed by atoms with Crippen LogP contribution in [0.2, 0.25) is 0 Å². The molecule has 2 aromatic heterocycles.